The van der Waals surface area contributed by atoms with E-state index in [2.05, 4.69) is 21.2 Å². The first kappa shape index (κ1) is 22.0. The Kier molecular flexibility index (Phi) is 11.9. The van der Waals surface area contributed by atoms with Gasteiger partial charge >= 0.3 is 0 Å². The molecule has 5 nitrogen and oxygen atoms in total. The van der Waals surface area contributed by atoms with Gasteiger partial charge in [0.1, 0.15) is 0 Å². The fourth-order valence-electron chi connectivity index (χ4n) is 2.10. The number of nitrogens with two attached hydrogens (primary N) is 1. The third-order valence-electron chi connectivity index (χ3n) is 3.39. The number of carbonyl (C=O) groups is 1. The maximum atomic E-state index is 11.8. The standard InChI is InChI=1S/C16H25BrN2O3.ClH/c1-21-14-9-12(13(17)10-15(14)22-2)11-19-16(20)7-5-3-4-6-8-18;/h9-10H,3-8,11,18H2,1-2H3,(H,19,20);1H. The van der Waals surface area contributed by atoms with Crippen LogP contribution in [0.2, 0.25) is 0 Å². The first-order chi connectivity index (χ1) is 10.6. The van der Waals surface area contributed by atoms with Crippen LogP contribution in [0.15, 0.2) is 16.6 Å². The smallest absolute Gasteiger partial charge is 0.220 e. The normalized spacial score (nSPS) is 9.91. The molecule has 3 N–H and O–H groups in total. The molecule has 0 atom stereocenters. The molecule has 0 saturated carbocycles. The minimum atomic E-state index is 0. The minimum absolute atomic E-state index is 0. The lowest BCUT2D eigenvalue weighted by atomic mass is 10.1. The molecular formula is C16H26BrClN2O3. The van der Waals surface area contributed by atoms with Crippen LogP contribution in [0.3, 0.4) is 0 Å². The SMILES string of the molecule is COc1cc(Br)c(CNC(=O)CCCCCCN)cc1OC.Cl. The zero-order valence-corrected chi connectivity index (χ0v) is 16.1. The quantitative estimate of drug-likeness (QED) is 0.581. The summed E-state index contributed by atoms with van der Waals surface area (Å²) in [6.45, 7) is 1.18. The molecule has 0 aliphatic rings. The summed E-state index contributed by atoms with van der Waals surface area (Å²) in [6, 6.07) is 3.71. The average Bonchev–Trinajstić information content (AvgIpc) is 2.53. The van der Waals surface area contributed by atoms with Crippen molar-refractivity contribution in [3.05, 3.63) is 22.2 Å². The molecule has 1 aromatic rings. The summed E-state index contributed by atoms with van der Waals surface area (Å²) < 4.78 is 11.4. The minimum Gasteiger partial charge on any atom is -0.493 e. The van der Waals surface area contributed by atoms with Crippen LogP contribution < -0.4 is 20.5 Å². The molecular weight excluding hydrogens is 384 g/mol. The van der Waals surface area contributed by atoms with Gasteiger partial charge in [0.2, 0.25) is 5.91 Å². The van der Waals surface area contributed by atoms with Crippen molar-refractivity contribution in [2.24, 2.45) is 5.73 Å². The van der Waals surface area contributed by atoms with Gasteiger partial charge in [0.15, 0.2) is 11.5 Å². The van der Waals surface area contributed by atoms with Gasteiger partial charge in [-0.05, 0) is 37.1 Å². The summed E-state index contributed by atoms with van der Waals surface area (Å²) in [5.41, 5.74) is 6.39. The summed E-state index contributed by atoms with van der Waals surface area (Å²) in [4.78, 5) is 11.8. The van der Waals surface area contributed by atoms with E-state index in [0.29, 0.717) is 24.5 Å². The van der Waals surface area contributed by atoms with Gasteiger partial charge in [-0.1, -0.05) is 28.8 Å². The molecule has 0 bridgehead atoms. The van der Waals surface area contributed by atoms with E-state index in [9.17, 15) is 4.79 Å². The van der Waals surface area contributed by atoms with Crippen LogP contribution in [0.25, 0.3) is 0 Å². The molecule has 0 aliphatic carbocycles. The molecule has 1 amide bonds. The Morgan fingerprint density at radius 3 is 2.35 bits per heavy atom. The third-order valence-corrected chi connectivity index (χ3v) is 4.12. The van der Waals surface area contributed by atoms with Gasteiger partial charge in [0.05, 0.1) is 14.2 Å². The van der Waals surface area contributed by atoms with E-state index in [1.54, 1.807) is 14.2 Å². The first-order valence-electron chi connectivity index (χ1n) is 7.49. The number of hydrogen-bond acceptors (Lipinski definition) is 4. The van der Waals surface area contributed by atoms with Crippen molar-refractivity contribution in [3.63, 3.8) is 0 Å². The van der Waals surface area contributed by atoms with Crippen LogP contribution in [0.1, 0.15) is 37.7 Å². The van der Waals surface area contributed by atoms with Crippen molar-refractivity contribution in [3.8, 4) is 11.5 Å². The summed E-state index contributed by atoms with van der Waals surface area (Å²) in [6.07, 6.45) is 4.62. The molecule has 0 saturated heterocycles. The van der Waals surface area contributed by atoms with Crippen LogP contribution in [0.5, 0.6) is 11.5 Å². The predicted octanol–water partition coefficient (Wildman–Crippen LogP) is 3.41. The maximum Gasteiger partial charge on any atom is 0.220 e. The zero-order chi connectivity index (χ0) is 16.4. The topological polar surface area (TPSA) is 73.6 Å². The number of methoxy groups -OCH3 is 2. The lowest BCUT2D eigenvalue weighted by molar-refractivity contribution is -0.121. The van der Waals surface area contributed by atoms with Gasteiger partial charge in [-0.3, -0.25) is 4.79 Å². The van der Waals surface area contributed by atoms with Crippen molar-refractivity contribution < 1.29 is 14.3 Å². The van der Waals surface area contributed by atoms with Gasteiger partial charge in [-0.15, -0.1) is 12.4 Å². The molecule has 1 rings (SSSR count). The number of amides is 1. The predicted molar refractivity (Wildman–Crippen MR) is 98.5 cm³/mol. The molecule has 0 aromatic heterocycles. The van der Waals surface area contributed by atoms with Crippen molar-refractivity contribution in [2.45, 2.75) is 38.6 Å². The molecule has 132 valence electrons. The monoisotopic (exact) mass is 408 g/mol. The third kappa shape index (κ3) is 7.90. The van der Waals surface area contributed by atoms with Crippen molar-refractivity contribution in [1.82, 2.24) is 5.32 Å². The second-order valence-corrected chi connectivity index (χ2v) is 5.88. The second kappa shape index (κ2) is 12.4. The molecule has 0 spiro atoms. The molecule has 1 aromatic carbocycles. The number of unbranched alkanes of at least 4 members (excludes halogenated alkanes) is 3. The summed E-state index contributed by atoms with van der Waals surface area (Å²) in [7, 11) is 3.19. The van der Waals surface area contributed by atoms with E-state index in [1.807, 2.05) is 12.1 Å². The first-order valence-corrected chi connectivity index (χ1v) is 8.28. The second-order valence-electron chi connectivity index (χ2n) is 5.03. The highest BCUT2D eigenvalue weighted by molar-refractivity contribution is 9.10. The van der Waals surface area contributed by atoms with Gasteiger partial charge in [0, 0.05) is 17.4 Å². The Bertz CT molecular complexity index is 487. The van der Waals surface area contributed by atoms with Gasteiger partial charge in [-0.25, -0.2) is 0 Å². The molecule has 0 aliphatic heterocycles. The molecule has 0 heterocycles. The molecule has 7 heteroatoms. The lowest BCUT2D eigenvalue weighted by Gasteiger charge is -2.12. The Morgan fingerprint density at radius 2 is 1.74 bits per heavy atom. The summed E-state index contributed by atoms with van der Waals surface area (Å²) in [5, 5.41) is 2.93. The van der Waals surface area contributed by atoms with E-state index >= 15 is 0 Å². The van der Waals surface area contributed by atoms with E-state index in [1.165, 1.54) is 0 Å². The largest absolute Gasteiger partial charge is 0.493 e. The van der Waals surface area contributed by atoms with Gasteiger partial charge in [-0.2, -0.15) is 0 Å². The number of rotatable bonds is 10. The van der Waals surface area contributed by atoms with Crippen LogP contribution in [-0.4, -0.2) is 26.7 Å². The van der Waals surface area contributed by atoms with E-state index < -0.39 is 0 Å². The van der Waals surface area contributed by atoms with E-state index in [4.69, 9.17) is 15.2 Å². The zero-order valence-electron chi connectivity index (χ0n) is 13.7. The van der Waals surface area contributed by atoms with Gasteiger partial charge in [0.25, 0.3) is 0 Å². The average molecular weight is 410 g/mol. The molecule has 0 fully saturated rings. The number of nitrogens with one attached hydrogen (secondary N) is 1. The van der Waals surface area contributed by atoms with Crippen LogP contribution in [0.4, 0.5) is 0 Å². The number of halogens is 2. The Balaban J connectivity index is 0.00000484. The Hall–Kier alpha value is -0.980. The molecule has 23 heavy (non-hydrogen) atoms. The van der Waals surface area contributed by atoms with Crippen molar-refractivity contribution >= 4 is 34.2 Å². The van der Waals surface area contributed by atoms with Crippen LogP contribution in [0, 0.1) is 0 Å². The fraction of sp³-hybridized carbons (Fsp3) is 0.562. The Morgan fingerprint density at radius 1 is 1.13 bits per heavy atom. The highest BCUT2D eigenvalue weighted by atomic mass is 79.9. The number of hydrogen-bond donors (Lipinski definition) is 2. The molecule has 0 unspecified atom stereocenters. The highest BCUT2D eigenvalue weighted by Crippen LogP contribution is 2.33. The number of ether oxygens (including phenoxy) is 2. The number of benzene rings is 1. The van der Waals surface area contributed by atoms with Crippen LogP contribution in [-0.2, 0) is 11.3 Å². The maximum absolute atomic E-state index is 11.8. The number of carbonyl (C=O) groups excluding carboxylic acids is 1. The molecule has 0 radical (unpaired) electrons. The fourth-order valence-corrected chi connectivity index (χ4v) is 2.56. The Labute approximate surface area is 152 Å². The lowest BCUT2D eigenvalue weighted by Crippen LogP contribution is -2.22. The van der Waals surface area contributed by atoms with Crippen molar-refractivity contribution in [2.75, 3.05) is 20.8 Å². The van der Waals surface area contributed by atoms with E-state index in [-0.39, 0.29) is 18.3 Å². The van der Waals surface area contributed by atoms with Crippen LogP contribution >= 0.6 is 28.3 Å². The van der Waals surface area contributed by atoms with E-state index in [0.717, 1.165) is 42.3 Å². The highest BCUT2D eigenvalue weighted by Gasteiger charge is 2.10. The van der Waals surface area contributed by atoms with Crippen molar-refractivity contribution in [1.29, 1.82) is 0 Å². The summed E-state index contributed by atoms with van der Waals surface area (Å²) >= 11 is 3.48. The van der Waals surface area contributed by atoms with Gasteiger partial charge < -0.3 is 20.5 Å². The summed E-state index contributed by atoms with van der Waals surface area (Å²) in [5.74, 6) is 1.37.